The van der Waals surface area contributed by atoms with Gasteiger partial charge in [0, 0.05) is 17.2 Å². The van der Waals surface area contributed by atoms with Crippen LogP contribution in [-0.4, -0.2) is 7.11 Å². The molecule has 0 saturated heterocycles. The van der Waals surface area contributed by atoms with Gasteiger partial charge in [-0.15, -0.1) is 0 Å². The zero-order valence-electron chi connectivity index (χ0n) is 9.22. The third-order valence-electron chi connectivity index (χ3n) is 3.24. The van der Waals surface area contributed by atoms with E-state index in [1.54, 1.807) is 6.07 Å². The van der Waals surface area contributed by atoms with Crippen molar-refractivity contribution in [2.24, 2.45) is 5.73 Å². The average molecular weight is 244 g/mol. The maximum atomic E-state index is 14.0. The first-order valence-electron chi connectivity index (χ1n) is 5.39. The maximum Gasteiger partial charge on any atom is 0.133 e. The first-order valence-corrected chi connectivity index (χ1v) is 5.77. The fraction of sp³-hybridized carbons (Fsp3) is 0.500. The summed E-state index contributed by atoms with van der Waals surface area (Å²) >= 11 is 6.08. The molecule has 0 atom stereocenters. The van der Waals surface area contributed by atoms with Crippen molar-refractivity contribution in [3.63, 3.8) is 0 Å². The van der Waals surface area contributed by atoms with Gasteiger partial charge in [-0.05, 0) is 18.9 Å². The molecule has 1 aromatic rings. The van der Waals surface area contributed by atoms with Crippen molar-refractivity contribution in [1.29, 1.82) is 0 Å². The van der Waals surface area contributed by atoms with Crippen LogP contribution in [0.15, 0.2) is 12.1 Å². The molecule has 0 bridgehead atoms. The maximum absolute atomic E-state index is 14.0. The van der Waals surface area contributed by atoms with Crippen LogP contribution in [0.3, 0.4) is 0 Å². The Morgan fingerprint density at radius 2 is 2.00 bits per heavy atom. The summed E-state index contributed by atoms with van der Waals surface area (Å²) in [7, 11) is 1.48. The zero-order chi connectivity index (χ0) is 11.8. The van der Waals surface area contributed by atoms with E-state index in [1.165, 1.54) is 13.2 Å². The Morgan fingerprint density at radius 3 is 2.50 bits per heavy atom. The summed E-state index contributed by atoms with van der Waals surface area (Å²) in [6, 6.07) is 2.96. The lowest BCUT2D eigenvalue weighted by atomic mass is 9.89. The molecular weight excluding hydrogens is 229 g/mol. The van der Waals surface area contributed by atoms with E-state index in [-0.39, 0.29) is 5.82 Å². The fourth-order valence-electron chi connectivity index (χ4n) is 2.40. The van der Waals surface area contributed by atoms with Crippen LogP contribution in [0, 0.1) is 5.82 Å². The molecule has 1 saturated carbocycles. The van der Waals surface area contributed by atoms with Crippen molar-refractivity contribution in [3.8, 4) is 5.75 Å². The van der Waals surface area contributed by atoms with E-state index in [0.717, 1.165) is 25.7 Å². The molecule has 4 heteroatoms. The number of rotatable bonds is 2. The summed E-state index contributed by atoms with van der Waals surface area (Å²) in [4.78, 5) is 0. The predicted octanol–water partition coefficient (Wildman–Crippen LogP) is 3.22. The number of benzene rings is 1. The topological polar surface area (TPSA) is 35.2 Å². The SMILES string of the molecule is COc1cc(F)c(C2(N)CCCC2)c(Cl)c1. The first kappa shape index (κ1) is 11.7. The first-order chi connectivity index (χ1) is 7.57. The van der Waals surface area contributed by atoms with Crippen molar-refractivity contribution in [2.75, 3.05) is 7.11 Å². The Bertz CT molecular complexity index is 379. The number of hydrogen-bond acceptors (Lipinski definition) is 2. The molecule has 0 heterocycles. The van der Waals surface area contributed by atoms with Crippen LogP contribution in [0.2, 0.25) is 5.02 Å². The van der Waals surface area contributed by atoms with E-state index in [1.807, 2.05) is 0 Å². The predicted molar refractivity (Wildman–Crippen MR) is 62.3 cm³/mol. The number of hydrogen-bond donors (Lipinski definition) is 1. The summed E-state index contributed by atoms with van der Waals surface area (Å²) in [6.07, 6.45) is 3.63. The lowest BCUT2D eigenvalue weighted by molar-refractivity contribution is 0.402. The summed E-state index contributed by atoms with van der Waals surface area (Å²) in [5.74, 6) is 0.0570. The minimum atomic E-state index is -0.604. The molecule has 88 valence electrons. The molecule has 1 aliphatic rings. The highest BCUT2D eigenvalue weighted by Gasteiger charge is 2.35. The largest absolute Gasteiger partial charge is 0.497 e. The molecule has 0 unspecified atom stereocenters. The third-order valence-corrected chi connectivity index (χ3v) is 3.54. The Balaban J connectivity index is 2.48. The van der Waals surface area contributed by atoms with Crippen LogP contribution in [0.4, 0.5) is 4.39 Å². The summed E-state index contributed by atoms with van der Waals surface area (Å²) in [6.45, 7) is 0. The van der Waals surface area contributed by atoms with Gasteiger partial charge < -0.3 is 10.5 Å². The van der Waals surface area contributed by atoms with Gasteiger partial charge >= 0.3 is 0 Å². The lowest BCUT2D eigenvalue weighted by Gasteiger charge is -2.26. The van der Waals surface area contributed by atoms with E-state index in [0.29, 0.717) is 16.3 Å². The van der Waals surface area contributed by atoms with Gasteiger partial charge in [0.05, 0.1) is 12.1 Å². The van der Waals surface area contributed by atoms with Gasteiger partial charge in [-0.3, -0.25) is 0 Å². The van der Waals surface area contributed by atoms with Gasteiger partial charge in [0.1, 0.15) is 11.6 Å². The van der Waals surface area contributed by atoms with Gasteiger partial charge in [0.25, 0.3) is 0 Å². The second-order valence-corrected chi connectivity index (χ2v) is 4.74. The Morgan fingerprint density at radius 1 is 1.38 bits per heavy atom. The van der Waals surface area contributed by atoms with Gasteiger partial charge in [0.2, 0.25) is 0 Å². The highest BCUT2D eigenvalue weighted by Crippen LogP contribution is 2.42. The highest BCUT2D eigenvalue weighted by atomic mass is 35.5. The molecule has 1 aromatic carbocycles. The number of nitrogens with two attached hydrogens (primary N) is 1. The molecule has 16 heavy (non-hydrogen) atoms. The van der Waals surface area contributed by atoms with E-state index < -0.39 is 5.54 Å². The van der Waals surface area contributed by atoms with Crippen LogP contribution in [0.1, 0.15) is 31.2 Å². The second-order valence-electron chi connectivity index (χ2n) is 4.33. The standard InChI is InChI=1S/C12H15ClFNO/c1-16-8-6-9(13)11(10(14)7-8)12(15)4-2-3-5-12/h6-7H,2-5,15H2,1H3. The van der Waals surface area contributed by atoms with Crippen molar-refractivity contribution >= 4 is 11.6 Å². The van der Waals surface area contributed by atoms with Crippen molar-refractivity contribution in [2.45, 2.75) is 31.2 Å². The number of ether oxygens (including phenoxy) is 1. The molecule has 0 spiro atoms. The lowest BCUT2D eigenvalue weighted by Crippen LogP contribution is -2.34. The van der Waals surface area contributed by atoms with Crippen LogP contribution >= 0.6 is 11.6 Å². The van der Waals surface area contributed by atoms with Crippen molar-refractivity contribution in [1.82, 2.24) is 0 Å². The fourth-order valence-corrected chi connectivity index (χ4v) is 2.79. The minimum absolute atomic E-state index is 0.362. The molecule has 1 aliphatic carbocycles. The van der Waals surface area contributed by atoms with Crippen LogP contribution in [0.5, 0.6) is 5.75 Å². The molecule has 2 N–H and O–H groups in total. The number of methoxy groups -OCH3 is 1. The third kappa shape index (κ3) is 1.89. The Labute approximate surface area is 99.5 Å². The van der Waals surface area contributed by atoms with E-state index >= 15 is 0 Å². The van der Waals surface area contributed by atoms with E-state index in [2.05, 4.69) is 0 Å². The Hall–Kier alpha value is -0.800. The number of halogens is 2. The smallest absolute Gasteiger partial charge is 0.133 e. The molecule has 2 nitrogen and oxygen atoms in total. The zero-order valence-corrected chi connectivity index (χ0v) is 9.98. The molecule has 0 amide bonds. The summed E-state index contributed by atoms with van der Waals surface area (Å²) in [5, 5.41) is 0.362. The monoisotopic (exact) mass is 243 g/mol. The van der Waals surface area contributed by atoms with Gasteiger partial charge in [0.15, 0.2) is 0 Å². The normalized spacial score (nSPS) is 18.8. The molecule has 1 fully saturated rings. The van der Waals surface area contributed by atoms with Crippen molar-refractivity contribution in [3.05, 3.63) is 28.5 Å². The average Bonchev–Trinajstić information content (AvgIpc) is 2.64. The van der Waals surface area contributed by atoms with Crippen LogP contribution < -0.4 is 10.5 Å². The van der Waals surface area contributed by atoms with Crippen LogP contribution in [0.25, 0.3) is 0 Å². The van der Waals surface area contributed by atoms with Gasteiger partial charge in [-0.25, -0.2) is 4.39 Å². The molecular formula is C12H15ClFNO. The van der Waals surface area contributed by atoms with Crippen molar-refractivity contribution < 1.29 is 9.13 Å². The molecule has 0 radical (unpaired) electrons. The van der Waals surface area contributed by atoms with E-state index in [9.17, 15) is 4.39 Å². The Kier molecular flexibility index (Phi) is 3.08. The highest BCUT2D eigenvalue weighted by molar-refractivity contribution is 6.31. The molecule has 0 aromatic heterocycles. The molecule has 2 rings (SSSR count). The minimum Gasteiger partial charge on any atom is -0.497 e. The molecule has 0 aliphatic heterocycles. The second kappa shape index (κ2) is 4.22. The van der Waals surface area contributed by atoms with Gasteiger partial charge in [-0.1, -0.05) is 24.4 Å². The van der Waals surface area contributed by atoms with E-state index in [4.69, 9.17) is 22.1 Å². The van der Waals surface area contributed by atoms with Crippen LogP contribution in [-0.2, 0) is 5.54 Å². The summed E-state index contributed by atoms with van der Waals surface area (Å²) in [5.41, 5.74) is 6.04. The van der Waals surface area contributed by atoms with Gasteiger partial charge in [-0.2, -0.15) is 0 Å². The quantitative estimate of drug-likeness (QED) is 0.866. The summed E-state index contributed by atoms with van der Waals surface area (Å²) < 4.78 is 18.9.